The van der Waals surface area contributed by atoms with E-state index in [-0.39, 0.29) is 12.5 Å². The highest BCUT2D eigenvalue weighted by Gasteiger charge is 2.07. The molecule has 0 atom stereocenters. The molecule has 0 saturated heterocycles. The van der Waals surface area contributed by atoms with E-state index in [0.29, 0.717) is 16.1 Å². The summed E-state index contributed by atoms with van der Waals surface area (Å²) in [4.78, 5) is 23.5. The van der Waals surface area contributed by atoms with Crippen molar-refractivity contribution in [3.63, 3.8) is 0 Å². The van der Waals surface area contributed by atoms with Gasteiger partial charge in [-0.1, -0.05) is 47.5 Å². The molecule has 0 spiro atoms. The molecule has 23 heavy (non-hydrogen) atoms. The average molecular weight is 330 g/mol. The maximum atomic E-state index is 11.9. The summed E-state index contributed by atoms with van der Waals surface area (Å²) >= 11 is 5.96. The Morgan fingerprint density at radius 1 is 1.13 bits per heavy atom. The summed E-state index contributed by atoms with van der Waals surface area (Å²) < 4.78 is 0. The summed E-state index contributed by atoms with van der Waals surface area (Å²) in [5.74, 6) is -0.732. The molecular formula is C17H16ClN3O2. The summed E-state index contributed by atoms with van der Waals surface area (Å²) in [6, 6.07) is 14.2. The van der Waals surface area contributed by atoms with Crippen LogP contribution in [0.2, 0.25) is 5.02 Å². The molecule has 2 N–H and O–H groups in total. The molecule has 0 fully saturated rings. The lowest BCUT2D eigenvalue weighted by Gasteiger charge is -2.04. The van der Waals surface area contributed by atoms with Gasteiger partial charge in [-0.25, -0.2) is 5.43 Å². The number of amides is 2. The summed E-state index contributed by atoms with van der Waals surface area (Å²) in [5.41, 5.74) is 4.59. The maximum absolute atomic E-state index is 11.9. The van der Waals surface area contributed by atoms with E-state index in [1.54, 1.807) is 30.3 Å². The lowest BCUT2D eigenvalue weighted by molar-refractivity contribution is -0.120. The molecule has 0 aliphatic carbocycles. The molecule has 2 amide bonds. The molecular weight excluding hydrogens is 314 g/mol. The van der Waals surface area contributed by atoms with E-state index in [1.165, 1.54) is 6.21 Å². The zero-order valence-corrected chi connectivity index (χ0v) is 13.3. The van der Waals surface area contributed by atoms with Crippen LogP contribution in [0.1, 0.15) is 21.5 Å². The number of benzene rings is 2. The average Bonchev–Trinajstić information content (AvgIpc) is 2.55. The van der Waals surface area contributed by atoms with Crippen molar-refractivity contribution in [3.05, 3.63) is 70.2 Å². The van der Waals surface area contributed by atoms with E-state index < -0.39 is 5.91 Å². The van der Waals surface area contributed by atoms with Crippen molar-refractivity contribution in [2.75, 3.05) is 6.54 Å². The molecule has 5 nitrogen and oxygen atoms in total. The Kier molecular flexibility index (Phi) is 5.88. The number of hydrogen-bond donors (Lipinski definition) is 2. The number of carbonyl (C=O) groups is 2. The van der Waals surface area contributed by atoms with Crippen LogP contribution in [0.3, 0.4) is 0 Å². The quantitative estimate of drug-likeness (QED) is 0.653. The highest BCUT2D eigenvalue weighted by atomic mass is 35.5. The molecule has 2 aromatic carbocycles. The van der Waals surface area contributed by atoms with Gasteiger partial charge in [-0.05, 0) is 25.1 Å². The fourth-order valence-corrected chi connectivity index (χ4v) is 1.95. The van der Waals surface area contributed by atoms with Crippen molar-refractivity contribution in [1.29, 1.82) is 0 Å². The maximum Gasteiger partial charge on any atom is 0.259 e. The Hall–Kier alpha value is -2.66. The first kappa shape index (κ1) is 16.7. The van der Waals surface area contributed by atoms with Crippen LogP contribution in [0.15, 0.2) is 53.6 Å². The van der Waals surface area contributed by atoms with Crippen LogP contribution in [0.5, 0.6) is 0 Å². The van der Waals surface area contributed by atoms with Gasteiger partial charge in [-0.15, -0.1) is 0 Å². The number of carbonyl (C=O) groups excluding carboxylic acids is 2. The van der Waals surface area contributed by atoms with E-state index in [2.05, 4.69) is 15.8 Å². The van der Waals surface area contributed by atoms with Gasteiger partial charge in [0.1, 0.15) is 0 Å². The normalized spacial score (nSPS) is 10.5. The zero-order chi connectivity index (χ0) is 16.7. The predicted molar refractivity (Wildman–Crippen MR) is 90.7 cm³/mol. The summed E-state index contributed by atoms with van der Waals surface area (Å²) in [6.07, 6.45) is 1.45. The number of hydrazone groups is 1. The monoisotopic (exact) mass is 329 g/mol. The second kappa shape index (κ2) is 8.10. The zero-order valence-electron chi connectivity index (χ0n) is 12.5. The fourth-order valence-electron chi connectivity index (χ4n) is 1.76. The molecule has 0 bridgehead atoms. The van der Waals surface area contributed by atoms with Crippen molar-refractivity contribution < 1.29 is 9.59 Å². The summed E-state index contributed by atoms with van der Waals surface area (Å²) in [6.45, 7) is 1.78. The predicted octanol–water partition coefficient (Wildman–Crippen LogP) is 2.53. The number of hydrogen-bond acceptors (Lipinski definition) is 3. The SMILES string of the molecule is Cc1ccc(C(=O)NCC(=O)N/N=C/c2ccccc2Cl)cc1. The van der Waals surface area contributed by atoms with Crippen LogP contribution in [0, 0.1) is 6.92 Å². The minimum atomic E-state index is -0.422. The largest absolute Gasteiger partial charge is 0.343 e. The fraction of sp³-hybridized carbons (Fsp3) is 0.118. The van der Waals surface area contributed by atoms with E-state index in [4.69, 9.17) is 11.6 Å². The Bertz CT molecular complexity index is 727. The summed E-state index contributed by atoms with van der Waals surface area (Å²) in [7, 11) is 0. The number of rotatable bonds is 5. The molecule has 0 heterocycles. The number of halogens is 1. The molecule has 2 aromatic rings. The van der Waals surface area contributed by atoms with Crippen molar-refractivity contribution in [2.45, 2.75) is 6.92 Å². The third kappa shape index (κ3) is 5.23. The van der Waals surface area contributed by atoms with Gasteiger partial charge in [0, 0.05) is 16.1 Å². The van der Waals surface area contributed by atoms with Crippen molar-refractivity contribution in [2.24, 2.45) is 5.10 Å². The standard InChI is InChI=1S/C17H16ClN3O2/c1-12-6-8-13(9-7-12)17(23)19-11-16(22)21-20-10-14-4-2-3-5-15(14)18/h2-10H,11H2,1H3,(H,19,23)(H,21,22)/b20-10+. The van der Waals surface area contributed by atoms with Gasteiger partial charge in [0.15, 0.2) is 0 Å². The molecule has 6 heteroatoms. The van der Waals surface area contributed by atoms with Crippen LogP contribution in [0.4, 0.5) is 0 Å². The van der Waals surface area contributed by atoms with Gasteiger partial charge < -0.3 is 5.32 Å². The van der Waals surface area contributed by atoms with Gasteiger partial charge in [-0.3, -0.25) is 9.59 Å². The van der Waals surface area contributed by atoms with Gasteiger partial charge >= 0.3 is 0 Å². The molecule has 0 radical (unpaired) electrons. The number of nitrogens with zero attached hydrogens (tertiary/aromatic N) is 1. The smallest absolute Gasteiger partial charge is 0.259 e. The molecule has 118 valence electrons. The highest BCUT2D eigenvalue weighted by Crippen LogP contribution is 2.11. The molecule has 0 saturated carbocycles. The Morgan fingerprint density at radius 2 is 1.83 bits per heavy atom. The Labute approximate surface area is 139 Å². The van der Waals surface area contributed by atoms with E-state index in [0.717, 1.165) is 5.56 Å². The lowest BCUT2D eigenvalue weighted by atomic mass is 10.1. The van der Waals surface area contributed by atoms with Crippen LogP contribution in [-0.4, -0.2) is 24.6 Å². The molecule has 2 rings (SSSR count). The van der Waals surface area contributed by atoms with Gasteiger partial charge in [-0.2, -0.15) is 5.10 Å². The van der Waals surface area contributed by atoms with Crippen LogP contribution >= 0.6 is 11.6 Å². The lowest BCUT2D eigenvalue weighted by Crippen LogP contribution is -2.34. The first-order valence-electron chi connectivity index (χ1n) is 6.97. The molecule has 0 unspecified atom stereocenters. The minimum absolute atomic E-state index is 0.160. The van der Waals surface area contributed by atoms with Gasteiger partial charge in [0.05, 0.1) is 12.8 Å². The second-order valence-electron chi connectivity index (χ2n) is 4.86. The van der Waals surface area contributed by atoms with Gasteiger partial charge in [0.25, 0.3) is 11.8 Å². The minimum Gasteiger partial charge on any atom is -0.343 e. The third-order valence-corrected chi connectivity index (χ3v) is 3.37. The Morgan fingerprint density at radius 3 is 2.52 bits per heavy atom. The van der Waals surface area contributed by atoms with Crippen LogP contribution < -0.4 is 10.7 Å². The third-order valence-electron chi connectivity index (χ3n) is 3.02. The van der Waals surface area contributed by atoms with Crippen LogP contribution in [-0.2, 0) is 4.79 Å². The van der Waals surface area contributed by atoms with Crippen LogP contribution in [0.25, 0.3) is 0 Å². The van der Waals surface area contributed by atoms with Crippen molar-refractivity contribution in [1.82, 2.24) is 10.7 Å². The van der Waals surface area contributed by atoms with Crippen molar-refractivity contribution >= 4 is 29.6 Å². The highest BCUT2D eigenvalue weighted by molar-refractivity contribution is 6.33. The summed E-state index contributed by atoms with van der Waals surface area (Å²) in [5, 5.41) is 6.87. The topological polar surface area (TPSA) is 70.6 Å². The van der Waals surface area contributed by atoms with Gasteiger partial charge in [0.2, 0.25) is 0 Å². The molecule has 0 aliphatic rings. The van der Waals surface area contributed by atoms with E-state index in [9.17, 15) is 9.59 Å². The second-order valence-corrected chi connectivity index (χ2v) is 5.27. The number of aryl methyl sites for hydroxylation is 1. The number of nitrogens with one attached hydrogen (secondary N) is 2. The van der Waals surface area contributed by atoms with E-state index >= 15 is 0 Å². The van der Waals surface area contributed by atoms with Crippen molar-refractivity contribution in [3.8, 4) is 0 Å². The Balaban J connectivity index is 1.80. The first-order valence-corrected chi connectivity index (χ1v) is 7.35. The molecule has 0 aromatic heterocycles. The van der Waals surface area contributed by atoms with E-state index in [1.807, 2.05) is 25.1 Å². The first-order chi connectivity index (χ1) is 11.1. The molecule has 0 aliphatic heterocycles.